The number of rotatable bonds is 3. The van der Waals surface area contributed by atoms with Crippen LogP contribution in [0.25, 0.3) is 11.0 Å². The summed E-state index contributed by atoms with van der Waals surface area (Å²) in [4.78, 5) is 12.3. The van der Waals surface area contributed by atoms with Gasteiger partial charge in [0.15, 0.2) is 0 Å². The Bertz CT molecular complexity index is 858. The van der Waals surface area contributed by atoms with Crippen LogP contribution in [-0.4, -0.2) is 34.5 Å². The molecule has 0 fully saturated rings. The Kier molecular flexibility index (Phi) is 3.51. The minimum absolute atomic E-state index is 0.0975. The van der Waals surface area contributed by atoms with Gasteiger partial charge in [0.1, 0.15) is 17.1 Å². The number of carbonyl (C=O) groups excluding carboxylic acids is 1. The van der Waals surface area contributed by atoms with Gasteiger partial charge in [-0.05, 0) is 35.7 Å². The number of nitrogens with zero attached hydrogens (tertiary/aromatic N) is 2. The monoisotopic (exact) mass is 308 g/mol. The fourth-order valence-corrected chi connectivity index (χ4v) is 2.91. The van der Waals surface area contributed by atoms with Gasteiger partial charge >= 0.3 is 0 Å². The lowest BCUT2D eigenvalue weighted by Crippen LogP contribution is -2.31. The zero-order valence-corrected chi connectivity index (χ0v) is 12.5. The van der Waals surface area contributed by atoms with Gasteiger partial charge in [0.2, 0.25) is 0 Å². The molecule has 1 amide bonds. The maximum Gasteiger partial charge on any atom is 0.251 e. The summed E-state index contributed by atoms with van der Waals surface area (Å²) in [7, 11) is 0. The maximum absolute atomic E-state index is 12.3. The number of hydrogen-bond acceptors (Lipinski definition) is 4. The van der Waals surface area contributed by atoms with E-state index in [1.165, 1.54) is 5.56 Å². The molecule has 6 heteroatoms. The number of fused-ring (bicyclic) bond motifs is 2. The normalized spacial score (nSPS) is 17.0. The van der Waals surface area contributed by atoms with Gasteiger partial charge in [-0.2, -0.15) is 15.4 Å². The maximum atomic E-state index is 12.3. The van der Waals surface area contributed by atoms with E-state index >= 15 is 0 Å². The molecule has 0 unspecified atom stereocenters. The van der Waals surface area contributed by atoms with Crippen molar-refractivity contribution < 1.29 is 9.53 Å². The second kappa shape index (κ2) is 5.81. The highest BCUT2D eigenvalue weighted by Crippen LogP contribution is 2.26. The number of aromatic amines is 1. The molecular formula is C17H16N4O2. The predicted molar refractivity (Wildman–Crippen MR) is 85.1 cm³/mol. The van der Waals surface area contributed by atoms with Crippen LogP contribution in [0.3, 0.4) is 0 Å². The number of H-pyrrole nitrogens is 1. The van der Waals surface area contributed by atoms with E-state index in [1.54, 1.807) is 18.2 Å². The van der Waals surface area contributed by atoms with Gasteiger partial charge in [-0.25, -0.2) is 0 Å². The third kappa shape index (κ3) is 2.68. The lowest BCUT2D eigenvalue weighted by atomic mass is 9.97. The average molecular weight is 308 g/mol. The first kappa shape index (κ1) is 13.9. The minimum atomic E-state index is -0.137. The molecule has 0 radical (unpaired) electrons. The molecule has 1 aliphatic heterocycles. The Morgan fingerprint density at radius 3 is 3.04 bits per heavy atom. The second-order valence-corrected chi connectivity index (χ2v) is 5.55. The van der Waals surface area contributed by atoms with E-state index in [-0.39, 0.29) is 12.0 Å². The van der Waals surface area contributed by atoms with Crippen LogP contribution >= 0.6 is 0 Å². The van der Waals surface area contributed by atoms with Crippen molar-refractivity contribution in [3.8, 4) is 0 Å². The molecule has 0 spiro atoms. The number of amides is 1. The van der Waals surface area contributed by atoms with Crippen LogP contribution in [-0.2, 0) is 11.2 Å². The van der Waals surface area contributed by atoms with Gasteiger partial charge < -0.3 is 10.1 Å². The number of benzene rings is 2. The average Bonchev–Trinajstić information content (AvgIpc) is 3.07. The number of nitrogens with one attached hydrogen (secondary N) is 2. The van der Waals surface area contributed by atoms with Crippen molar-refractivity contribution in [3.63, 3.8) is 0 Å². The Labute approximate surface area is 132 Å². The molecule has 2 N–H and O–H groups in total. The SMILES string of the molecule is O=C(NC[C@@H]1OCCc2ccccc21)c1ccc2n[nH]nc2c1. The third-order valence-corrected chi connectivity index (χ3v) is 4.12. The van der Waals surface area contributed by atoms with Crippen LogP contribution in [0.4, 0.5) is 0 Å². The summed E-state index contributed by atoms with van der Waals surface area (Å²) in [6.07, 6.45) is 0.823. The summed E-state index contributed by atoms with van der Waals surface area (Å²) in [5, 5.41) is 13.5. The Morgan fingerprint density at radius 1 is 1.22 bits per heavy atom. The van der Waals surface area contributed by atoms with Crippen LogP contribution in [0.1, 0.15) is 27.6 Å². The van der Waals surface area contributed by atoms with E-state index in [0.29, 0.717) is 24.2 Å². The fraction of sp³-hybridized carbons (Fsp3) is 0.235. The Hall–Kier alpha value is -2.73. The molecular weight excluding hydrogens is 292 g/mol. The van der Waals surface area contributed by atoms with Crippen LogP contribution in [0.5, 0.6) is 0 Å². The summed E-state index contributed by atoms with van der Waals surface area (Å²) in [6.45, 7) is 1.13. The van der Waals surface area contributed by atoms with E-state index in [9.17, 15) is 4.79 Å². The van der Waals surface area contributed by atoms with Crippen molar-refractivity contribution in [1.82, 2.24) is 20.7 Å². The van der Waals surface area contributed by atoms with E-state index in [2.05, 4.69) is 32.9 Å². The van der Waals surface area contributed by atoms with E-state index in [4.69, 9.17) is 4.74 Å². The smallest absolute Gasteiger partial charge is 0.251 e. The summed E-state index contributed by atoms with van der Waals surface area (Å²) in [5.41, 5.74) is 4.44. The van der Waals surface area contributed by atoms with Gasteiger partial charge in [0, 0.05) is 12.1 Å². The lowest BCUT2D eigenvalue weighted by molar-refractivity contribution is 0.0411. The molecule has 1 aromatic heterocycles. The molecule has 23 heavy (non-hydrogen) atoms. The van der Waals surface area contributed by atoms with Crippen molar-refractivity contribution in [2.24, 2.45) is 0 Å². The van der Waals surface area contributed by atoms with Crippen LogP contribution in [0, 0.1) is 0 Å². The Morgan fingerprint density at radius 2 is 2.09 bits per heavy atom. The van der Waals surface area contributed by atoms with Crippen molar-refractivity contribution in [2.75, 3.05) is 13.2 Å². The zero-order chi connectivity index (χ0) is 15.6. The van der Waals surface area contributed by atoms with E-state index in [1.807, 2.05) is 12.1 Å². The number of ether oxygens (including phenoxy) is 1. The quantitative estimate of drug-likeness (QED) is 0.775. The molecule has 0 bridgehead atoms. The standard InChI is InChI=1S/C17H16N4O2/c22-17(12-5-6-14-15(9-12)20-21-19-14)18-10-16-13-4-2-1-3-11(13)7-8-23-16/h1-6,9,16H,7-8,10H2,(H,18,22)(H,19,20,21)/t16-/m0/s1. The first-order valence-corrected chi connectivity index (χ1v) is 7.59. The van der Waals surface area contributed by atoms with Gasteiger partial charge in [0.05, 0.1) is 6.61 Å². The fourth-order valence-electron chi connectivity index (χ4n) is 2.91. The van der Waals surface area contributed by atoms with Gasteiger partial charge in [-0.3, -0.25) is 4.79 Å². The highest BCUT2D eigenvalue weighted by atomic mass is 16.5. The summed E-state index contributed by atoms with van der Waals surface area (Å²) in [5.74, 6) is -0.137. The molecule has 0 saturated heterocycles. The number of carbonyl (C=O) groups is 1. The number of hydrogen-bond donors (Lipinski definition) is 2. The molecule has 2 aromatic carbocycles. The zero-order valence-electron chi connectivity index (χ0n) is 12.5. The molecule has 1 aliphatic rings. The van der Waals surface area contributed by atoms with Crippen LogP contribution in [0.2, 0.25) is 0 Å². The molecule has 116 valence electrons. The first-order chi connectivity index (χ1) is 11.3. The van der Waals surface area contributed by atoms with Crippen molar-refractivity contribution in [3.05, 3.63) is 59.2 Å². The molecule has 0 aliphatic carbocycles. The van der Waals surface area contributed by atoms with Gasteiger partial charge in [0.25, 0.3) is 5.91 Å². The summed E-state index contributed by atoms with van der Waals surface area (Å²) < 4.78 is 5.81. The summed E-state index contributed by atoms with van der Waals surface area (Å²) >= 11 is 0. The predicted octanol–water partition coefficient (Wildman–Crippen LogP) is 2.00. The molecule has 3 aromatic rings. The topological polar surface area (TPSA) is 79.9 Å². The molecule has 2 heterocycles. The first-order valence-electron chi connectivity index (χ1n) is 7.59. The third-order valence-electron chi connectivity index (χ3n) is 4.12. The largest absolute Gasteiger partial charge is 0.371 e. The van der Waals surface area contributed by atoms with Crippen molar-refractivity contribution >= 4 is 16.9 Å². The van der Waals surface area contributed by atoms with Crippen molar-refractivity contribution in [1.29, 1.82) is 0 Å². The summed E-state index contributed by atoms with van der Waals surface area (Å²) in [6, 6.07) is 13.5. The molecule has 1 atom stereocenters. The highest BCUT2D eigenvalue weighted by molar-refractivity contribution is 5.97. The molecule has 6 nitrogen and oxygen atoms in total. The molecule has 4 rings (SSSR count). The number of aromatic nitrogens is 3. The Balaban J connectivity index is 1.47. The highest BCUT2D eigenvalue weighted by Gasteiger charge is 2.21. The van der Waals surface area contributed by atoms with Crippen LogP contribution < -0.4 is 5.32 Å². The lowest BCUT2D eigenvalue weighted by Gasteiger charge is -2.26. The van der Waals surface area contributed by atoms with Gasteiger partial charge in [-0.1, -0.05) is 24.3 Å². The molecule has 0 saturated carbocycles. The van der Waals surface area contributed by atoms with Crippen LogP contribution in [0.15, 0.2) is 42.5 Å². The van der Waals surface area contributed by atoms with E-state index in [0.717, 1.165) is 17.5 Å². The second-order valence-electron chi connectivity index (χ2n) is 5.55. The van der Waals surface area contributed by atoms with E-state index < -0.39 is 0 Å². The minimum Gasteiger partial charge on any atom is -0.371 e. The van der Waals surface area contributed by atoms with Crippen molar-refractivity contribution in [2.45, 2.75) is 12.5 Å². The van der Waals surface area contributed by atoms with Gasteiger partial charge in [-0.15, -0.1) is 0 Å².